The highest BCUT2D eigenvalue weighted by molar-refractivity contribution is 6.31. The van der Waals surface area contributed by atoms with E-state index in [1.54, 1.807) is 12.1 Å². The summed E-state index contributed by atoms with van der Waals surface area (Å²) >= 11 is 6.04. The molecule has 1 aliphatic carbocycles. The van der Waals surface area contributed by atoms with Gasteiger partial charge in [0.1, 0.15) is 5.76 Å². The maximum Gasteiger partial charge on any atom is 0.572 e. The molecule has 1 aromatic heterocycles. The lowest BCUT2D eigenvalue weighted by molar-refractivity contribution is -0.306. The van der Waals surface area contributed by atoms with Crippen molar-refractivity contribution in [2.45, 2.75) is 37.7 Å². The van der Waals surface area contributed by atoms with E-state index in [1.807, 2.05) is 0 Å². The monoisotopic (exact) mass is 419 g/mol. The number of hydrogen-bond donors (Lipinski definition) is 1. The molecule has 0 radical (unpaired) electrons. The summed E-state index contributed by atoms with van der Waals surface area (Å²) in [5.74, 6) is -0.210. The predicted molar refractivity (Wildman–Crippen MR) is 93.9 cm³/mol. The van der Waals surface area contributed by atoms with Crippen LogP contribution in [0.4, 0.5) is 22.4 Å². The smallest absolute Gasteiger partial charge is 0.410 e. The van der Waals surface area contributed by atoms with E-state index in [4.69, 9.17) is 11.6 Å². The fourth-order valence-electron chi connectivity index (χ4n) is 3.19. The number of carbonyl (C=O) groups is 1. The second-order valence-corrected chi connectivity index (χ2v) is 7.00. The van der Waals surface area contributed by atoms with Gasteiger partial charge in [-0.15, -0.1) is 13.2 Å². The molecule has 0 bridgehead atoms. The SMILES string of the molecule is O=C(NC1=CC=C(OC(F)(F)F)CC1)N1CCC(F)(c2ncccc2Cl)CC1. The van der Waals surface area contributed by atoms with Crippen molar-refractivity contribution in [2.75, 3.05) is 13.1 Å². The first-order valence-corrected chi connectivity index (χ1v) is 9.05. The summed E-state index contributed by atoms with van der Waals surface area (Å²) in [7, 11) is 0. The van der Waals surface area contributed by atoms with Crippen LogP contribution in [0.3, 0.4) is 0 Å². The van der Waals surface area contributed by atoms with Gasteiger partial charge in [0.2, 0.25) is 0 Å². The van der Waals surface area contributed by atoms with E-state index in [9.17, 15) is 18.0 Å². The van der Waals surface area contributed by atoms with E-state index in [-0.39, 0.29) is 55.2 Å². The van der Waals surface area contributed by atoms with Gasteiger partial charge in [-0.2, -0.15) is 0 Å². The predicted octanol–water partition coefficient (Wildman–Crippen LogP) is 4.80. The van der Waals surface area contributed by atoms with Crippen molar-refractivity contribution in [3.63, 3.8) is 0 Å². The summed E-state index contributed by atoms with van der Waals surface area (Å²) < 4.78 is 55.7. The van der Waals surface area contributed by atoms with Gasteiger partial charge in [-0.25, -0.2) is 9.18 Å². The number of hydrogen-bond acceptors (Lipinski definition) is 3. The molecule has 3 rings (SSSR count). The van der Waals surface area contributed by atoms with Crippen molar-refractivity contribution in [3.05, 3.63) is 52.7 Å². The fourth-order valence-corrected chi connectivity index (χ4v) is 3.48. The quantitative estimate of drug-likeness (QED) is 0.716. The van der Waals surface area contributed by atoms with Gasteiger partial charge in [0.15, 0.2) is 5.67 Å². The number of piperidine rings is 1. The summed E-state index contributed by atoms with van der Waals surface area (Å²) in [6.07, 6.45) is -0.363. The Hall–Kier alpha value is -2.29. The Bertz CT molecular complexity index is 802. The van der Waals surface area contributed by atoms with E-state index in [1.165, 1.54) is 23.2 Å². The first-order valence-electron chi connectivity index (χ1n) is 8.68. The number of rotatable bonds is 3. The van der Waals surface area contributed by atoms with Gasteiger partial charge in [0, 0.05) is 44.2 Å². The second kappa shape index (κ2) is 7.98. The highest BCUT2D eigenvalue weighted by Gasteiger charge is 2.40. The zero-order valence-corrected chi connectivity index (χ0v) is 15.5. The molecule has 0 atom stereocenters. The Morgan fingerprint density at radius 1 is 1.25 bits per heavy atom. The van der Waals surface area contributed by atoms with Crippen LogP contribution in [0.25, 0.3) is 0 Å². The number of halogens is 5. The molecule has 1 fully saturated rings. The molecule has 0 aromatic carbocycles. The van der Waals surface area contributed by atoms with Crippen molar-refractivity contribution in [3.8, 4) is 0 Å². The number of pyridine rings is 1. The highest BCUT2D eigenvalue weighted by atomic mass is 35.5. The van der Waals surface area contributed by atoms with Crippen molar-refractivity contribution in [1.82, 2.24) is 15.2 Å². The van der Waals surface area contributed by atoms with E-state index < -0.39 is 18.1 Å². The van der Waals surface area contributed by atoms with Crippen LogP contribution < -0.4 is 5.32 Å². The molecule has 5 nitrogen and oxygen atoms in total. The van der Waals surface area contributed by atoms with Crippen LogP contribution in [0, 0.1) is 0 Å². The highest BCUT2D eigenvalue weighted by Crippen LogP contribution is 2.39. The molecule has 1 aromatic rings. The lowest BCUT2D eigenvalue weighted by Gasteiger charge is -2.36. The van der Waals surface area contributed by atoms with Gasteiger partial charge < -0.3 is 15.0 Å². The number of urea groups is 1. The van der Waals surface area contributed by atoms with Crippen molar-refractivity contribution >= 4 is 17.6 Å². The topological polar surface area (TPSA) is 54.5 Å². The first kappa shape index (κ1) is 20.4. The van der Waals surface area contributed by atoms with E-state index in [0.29, 0.717) is 5.70 Å². The molecule has 2 aliphatic rings. The third kappa shape index (κ3) is 4.95. The molecule has 10 heteroatoms. The van der Waals surface area contributed by atoms with E-state index in [0.717, 1.165) is 0 Å². The van der Waals surface area contributed by atoms with Gasteiger partial charge in [-0.3, -0.25) is 4.98 Å². The summed E-state index contributed by atoms with van der Waals surface area (Å²) in [6, 6.07) is 2.77. The standard InChI is InChI=1S/C18H18ClF4N3O2/c19-14-2-1-9-24-15(14)17(20)7-10-26(11-8-17)16(27)25-12-3-5-13(6-4-12)28-18(21,22)23/h1-3,5,9H,4,6-8,10-11H2,(H,25,27). The minimum Gasteiger partial charge on any atom is -0.410 e. The number of alkyl halides is 4. The van der Waals surface area contributed by atoms with Crippen LogP contribution in [-0.2, 0) is 10.4 Å². The van der Waals surface area contributed by atoms with Gasteiger partial charge in [-0.05, 0) is 30.7 Å². The Balaban J connectivity index is 1.56. The molecule has 2 amide bonds. The Kier molecular flexibility index (Phi) is 5.83. The molecular weight excluding hydrogens is 402 g/mol. The van der Waals surface area contributed by atoms with Gasteiger partial charge in [0.05, 0.1) is 10.7 Å². The second-order valence-electron chi connectivity index (χ2n) is 6.59. The lowest BCUT2D eigenvalue weighted by Crippen LogP contribution is -2.47. The van der Waals surface area contributed by atoms with Gasteiger partial charge in [0.25, 0.3) is 0 Å². The van der Waals surface area contributed by atoms with Crippen LogP contribution in [0.5, 0.6) is 0 Å². The number of ether oxygens (including phenoxy) is 1. The molecule has 0 spiro atoms. The molecule has 0 saturated carbocycles. The number of aromatic nitrogens is 1. The van der Waals surface area contributed by atoms with Gasteiger partial charge >= 0.3 is 12.4 Å². The average molecular weight is 420 g/mol. The van der Waals surface area contributed by atoms with E-state index in [2.05, 4.69) is 15.0 Å². The maximum absolute atomic E-state index is 15.2. The minimum absolute atomic E-state index is 0.0252. The number of nitrogens with zero attached hydrogens (tertiary/aromatic N) is 2. The Morgan fingerprint density at radius 3 is 2.54 bits per heavy atom. The maximum atomic E-state index is 15.2. The fraction of sp³-hybridized carbons (Fsp3) is 0.444. The Morgan fingerprint density at radius 2 is 1.96 bits per heavy atom. The van der Waals surface area contributed by atoms with Gasteiger partial charge in [-0.1, -0.05) is 11.6 Å². The zero-order chi connectivity index (χ0) is 20.4. The third-order valence-electron chi connectivity index (χ3n) is 4.65. The molecule has 28 heavy (non-hydrogen) atoms. The summed E-state index contributed by atoms with van der Waals surface area (Å²) in [5, 5.41) is 2.90. The largest absolute Gasteiger partial charge is 0.572 e. The summed E-state index contributed by atoms with van der Waals surface area (Å²) in [5.41, 5.74) is -1.05. The van der Waals surface area contributed by atoms with Crippen LogP contribution >= 0.6 is 11.6 Å². The first-order chi connectivity index (χ1) is 13.2. The number of carbonyl (C=O) groups excluding carboxylic acids is 1. The summed E-state index contributed by atoms with van der Waals surface area (Å²) in [6.45, 7) is 0.335. The third-order valence-corrected chi connectivity index (χ3v) is 4.96. The zero-order valence-electron chi connectivity index (χ0n) is 14.7. The van der Waals surface area contributed by atoms with Crippen LogP contribution in [-0.4, -0.2) is 35.4 Å². The molecule has 152 valence electrons. The summed E-state index contributed by atoms with van der Waals surface area (Å²) in [4.78, 5) is 17.9. The van der Waals surface area contributed by atoms with Crippen LogP contribution in [0.1, 0.15) is 31.4 Å². The van der Waals surface area contributed by atoms with Crippen LogP contribution in [0.2, 0.25) is 5.02 Å². The number of amides is 2. The normalized spacial score (nSPS) is 19.5. The molecule has 1 saturated heterocycles. The van der Waals surface area contributed by atoms with Crippen molar-refractivity contribution in [2.24, 2.45) is 0 Å². The molecule has 2 heterocycles. The number of nitrogens with one attached hydrogen (secondary N) is 1. The Labute approximate surface area is 164 Å². The molecule has 0 unspecified atom stereocenters. The van der Waals surface area contributed by atoms with Crippen molar-refractivity contribution < 1.29 is 27.1 Å². The molecule has 1 N–H and O–H groups in total. The number of allylic oxidation sites excluding steroid dienone is 4. The molecule has 1 aliphatic heterocycles. The van der Waals surface area contributed by atoms with Crippen molar-refractivity contribution in [1.29, 1.82) is 0 Å². The average Bonchev–Trinajstić information content (AvgIpc) is 2.63. The van der Waals surface area contributed by atoms with E-state index >= 15 is 4.39 Å². The minimum atomic E-state index is -4.73. The lowest BCUT2D eigenvalue weighted by atomic mass is 9.89. The van der Waals surface area contributed by atoms with Crippen LogP contribution in [0.15, 0.2) is 41.9 Å². The number of likely N-dealkylation sites (tertiary alicyclic amines) is 1. The molecular formula is C18H18ClF4N3O2.